The monoisotopic (exact) mass is 186 g/mol. The largest absolute Gasteiger partial charge is 0.353 e. The van der Waals surface area contributed by atoms with Crippen LogP contribution in [0.4, 0.5) is 0 Å². The predicted molar refractivity (Wildman–Crippen MR) is 55.7 cm³/mol. The number of unbranched alkanes of at least 4 members (excludes halogenated alkanes) is 1. The van der Waals surface area contributed by atoms with Crippen molar-refractivity contribution in [2.45, 2.75) is 45.3 Å². The third kappa shape index (κ3) is 5.83. The van der Waals surface area contributed by atoms with Crippen molar-refractivity contribution in [3.05, 3.63) is 12.2 Å². The molecular formula is C11H22O2. The van der Waals surface area contributed by atoms with Gasteiger partial charge in [-0.1, -0.05) is 19.1 Å². The fourth-order valence-electron chi connectivity index (χ4n) is 1.11. The normalized spacial score (nSPS) is 12.6. The summed E-state index contributed by atoms with van der Waals surface area (Å²) in [6.07, 6.45) is 8.67. The Morgan fingerprint density at radius 3 is 2.23 bits per heavy atom. The van der Waals surface area contributed by atoms with Crippen molar-refractivity contribution in [1.29, 1.82) is 0 Å². The Bertz CT molecular complexity index is 137. The molecule has 0 fully saturated rings. The van der Waals surface area contributed by atoms with Gasteiger partial charge in [0.2, 0.25) is 0 Å². The SMILES string of the molecule is CC/C=C\CCCC(C)(OC)OC. The fraction of sp³-hybridized carbons (Fsp3) is 0.818. The van der Waals surface area contributed by atoms with E-state index in [1.807, 2.05) is 6.92 Å². The van der Waals surface area contributed by atoms with Crippen LogP contribution < -0.4 is 0 Å². The average Bonchev–Trinajstić information content (AvgIpc) is 2.17. The highest BCUT2D eigenvalue weighted by molar-refractivity contribution is 4.80. The third-order valence-electron chi connectivity index (χ3n) is 2.27. The predicted octanol–water partition coefficient (Wildman–Crippen LogP) is 3.13. The molecule has 0 unspecified atom stereocenters. The third-order valence-corrected chi connectivity index (χ3v) is 2.27. The van der Waals surface area contributed by atoms with Crippen molar-refractivity contribution < 1.29 is 9.47 Å². The zero-order valence-electron chi connectivity index (χ0n) is 9.30. The van der Waals surface area contributed by atoms with Crippen molar-refractivity contribution in [3.8, 4) is 0 Å². The fourth-order valence-corrected chi connectivity index (χ4v) is 1.11. The minimum atomic E-state index is -0.403. The number of hydrogen-bond acceptors (Lipinski definition) is 2. The van der Waals surface area contributed by atoms with Crippen LogP contribution in [0.25, 0.3) is 0 Å². The summed E-state index contributed by atoms with van der Waals surface area (Å²) >= 11 is 0. The number of allylic oxidation sites excluding steroid dienone is 2. The standard InChI is InChI=1S/C11H22O2/c1-5-6-7-8-9-10-11(2,12-3)13-4/h6-7H,5,8-10H2,1-4H3/b7-6-. The highest BCUT2D eigenvalue weighted by atomic mass is 16.7. The molecule has 0 saturated heterocycles. The minimum Gasteiger partial charge on any atom is -0.353 e. The maximum absolute atomic E-state index is 5.25. The van der Waals surface area contributed by atoms with Gasteiger partial charge in [-0.2, -0.15) is 0 Å². The van der Waals surface area contributed by atoms with E-state index in [0.29, 0.717) is 0 Å². The van der Waals surface area contributed by atoms with Gasteiger partial charge in [0.15, 0.2) is 5.79 Å². The zero-order valence-corrected chi connectivity index (χ0v) is 9.30. The average molecular weight is 186 g/mol. The molecule has 78 valence electrons. The first kappa shape index (κ1) is 12.7. The van der Waals surface area contributed by atoms with E-state index in [1.165, 1.54) is 0 Å². The Kier molecular flexibility index (Phi) is 6.92. The Labute approximate surface area is 81.9 Å². The van der Waals surface area contributed by atoms with E-state index in [0.717, 1.165) is 25.7 Å². The van der Waals surface area contributed by atoms with Crippen LogP contribution in [0.15, 0.2) is 12.2 Å². The number of rotatable bonds is 7. The molecule has 0 aromatic rings. The van der Waals surface area contributed by atoms with E-state index in [2.05, 4.69) is 19.1 Å². The van der Waals surface area contributed by atoms with Crippen LogP contribution in [-0.2, 0) is 9.47 Å². The maximum atomic E-state index is 5.25. The van der Waals surface area contributed by atoms with Gasteiger partial charge in [-0.05, 0) is 26.2 Å². The van der Waals surface area contributed by atoms with Crippen LogP contribution >= 0.6 is 0 Å². The number of hydrogen-bond donors (Lipinski definition) is 0. The summed E-state index contributed by atoms with van der Waals surface area (Å²) in [7, 11) is 3.37. The van der Waals surface area contributed by atoms with Crippen molar-refractivity contribution in [1.82, 2.24) is 0 Å². The van der Waals surface area contributed by atoms with Crippen molar-refractivity contribution in [2.24, 2.45) is 0 Å². The second-order valence-electron chi connectivity index (χ2n) is 3.31. The van der Waals surface area contributed by atoms with Crippen LogP contribution in [0.5, 0.6) is 0 Å². The highest BCUT2D eigenvalue weighted by Gasteiger charge is 2.20. The quantitative estimate of drug-likeness (QED) is 0.345. The Balaban J connectivity index is 3.55. The van der Waals surface area contributed by atoms with Gasteiger partial charge in [0, 0.05) is 20.6 Å². The summed E-state index contributed by atoms with van der Waals surface area (Å²) in [5.74, 6) is -0.403. The molecule has 0 aliphatic rings. The lowest BCUT2D eigenvalue weighted by Crippen LogP contribution is -2.29. The zero-order chi connectivity index (χ0) is 10.2. The molecule has 0 aromatic heterocycles. The summed E-state index contributed by atoms with van der Waals surface area (Å²) in [5, 5.41) is 0. The van der Waals surface area contributed by atoms with Crippen LogP contribution in [0, 0.1) is 0 Å². The van der Waals surface area contributed by atoms with Gasteiger partial charge in [0.25, 0.3) is 0 Å². The topological polar surface area (TPSA) is 18.5 Å². The number of ether oxygens (including phenoxy) is 2. The molecule has 2 nitrogen and oxygen atoms in total. The van der Waals surface area contributed by atoms with Crippen LogP contribution in [0.1, 0.15) is 39.5 Å². The molecule has 0 heterocycles. The molecule has 0 bridgehead atoms. The van der Waals surface area contributed by atoms with Gasteiger partial charge in [-0.3, -0.25) is 0 Å². The van der Waals surface area contributed by atoms with Gasteiger partial charge >= 0.3 is 0 Å². The van der Waals surface area contributed by atoms with Gasteiger partial charge < -0.3 is 9.47 Å². The van der Waals surface area contributed by atoms with E-state index in [4.69, 9.17) is 9.47 Å². The lowest BCUT2D eigenvalue weighted by Gasteiger charge is -2.25. The molecule has 0 radical (unpaired) electrons. The van der Waals surface area contributed by atoms with Gasteiger partial charge in [-0.15, -0.1) is 0 Å². The minimum absolute atomic E-state index is 0.403. The maximum Gasteiger partial charge on any atom is 0.164 e. The Morgan fingerprint density at radius 1 is 1.15 bits per heavy atom. The van der Waals surface area contributed by atoms with Crippen LogP contribution in [0.2, 0.25) is 0 Å². The molecule has 0 saturated carbocycles. The molecule has 0 amide bonds. The molecule has 0 aliphatic carbocycles. The van der Waals surface area contributed by atoms with Crippen LogP contribution in [-0.4, -0.2) is 20.0 Å². The molecule has 13 heavy (non-hydrogen) atoms. The molecule has 0 spiro atoms. The summed E-state index contributed by atoms with van der Waals surface area (Å²) in [4.78, 5) is 0. The Hall–Kier alpha value is -0.340. The van der Waals surface area contributed by atoms with Crippen LogP contribution in [0.3, 0.4) is 0 Å². The first-order valence-electron chi connectivity index (χ1n) is 4.94. The molecular weight excluding hydrogens is 164 g/mol. The van der Waals surface area contributed by atoms with Gasteiger partial charge in [0.05, 0.1) is 0 Å². The number of methoxy groups -OCH3 is 2. The molecule has 0 N–H and O–H groups in total. The first-order chi connectivity index (χ1) is 6.18. The van der Waals surface area contributed by atoms with Gasteiger partial charge in [0.1, 0.15) is 0 Å². The van der Waals surface area contributed by atoms with Crippen molar-refractivity contribution >= 4 is 0 Å². The van der Waals surface area contributed by atoms with Crippen molar-refractivity contribution in [2.75, 3.05) is 14.2 Å². The van der Waals surface area contributed by atoms with E-state index >= 15 is 0 Å². The lowest BCUT2D eigenvalue weighted by molar-refractivity contribution is -0.197. The van der Waals surface area contributed by atoms with E-state index in [9.17, 15) is 0 Å². The van der Waals surface area contributed by atoms with E-state index < -0.39 is 5.79 Å². The summed E-state index contributed by atoms with van der Waals surface area (Å²) in [6.45, 7) is 4.11. The Morgan fingerprint density at radius 2 is 1.77 bits per heavy atom. The van der Waals surface area contributed by atoms with E-state index in [1.54, 1.807) is 14.2 Å². The molecule has 0 aromatic carbocycles. The second-order valence-corrected chi connectivity index (χ2v) is 3.31. The smallest absolute Gasteiger partial charge is 0.164 e. The summed E-state index contributed by atoms with van der Waals surface area (Å²) < 4.78 is 10.5. The lowest BCUT2D eigenvalue weighted by atomic mass is 10.1. The highest BCUT2D eigenvalue weighted by Crippen LogP contribution is 2.18. The second kappa shape index (κ2) is 7.10. The molecule has 0 aliphatic heterocycles. The molecule has 0 rings (SSSR count). The summed E-state index contributed by atoms with van der Waals surface area (Å²) in [6, 6.07) is 0. The van der Waals surface area contributed by atoms with Gasteiger partial charge in [-0.25, -0.2) is 0 Å². The van der Waals surface area contributed by atoms with E-state index in [-0.39, 0.29) is 0 Å². The molecule has 2 heteroatoms. The summed E-state index contributed by atoms with van der Waals surface area (Å²) in [5.41, 5.74) is 0. The van der Waals surface area contributed by atoms with Crippen molar-refractivity contribution in [3.63, 3.8) is 0 Å². The first-order valence-corrected chi connectivity index (χ1v) is 4.94. The molecule has 0 atom stereocenters.